The van der Waals surface area contributed by atoms with Gasteiger partial charge in [0.15, 0.2) is 11.7 Å². The van der Waals surface area contributed by atoms with Gasteiger partial charge in [-0.3, -0.25) is 23.6 Å². The number of fused-ring (bicyclic) bond motifs is 1. The third kappa shape index (κ3) is 4.04. The van der Waals surface area contributed by atoms with E-state index in [0.29, 0.717) is 23.5 Å². The average molecular weight is 435 g/mol. The number of nitrogens with zero attached hydrogens (tertiary/aromatic N) is 3. The summed E-state index contributed by atoms with van der Waals surface area (Å²) in [5, 5.41) is 0. The number of carbonyl (C=O) groups is 1. The van der Waals surface area contributed by atoms with Gasteiger partial charge < -0.3 is 15.4 Å². The molecule has 0 spiro atoms. The maximum Gasteiger partial charge on any atom is 0.257 e. The highest BCUT2D eigenvalue weighted by Gasteiger charge is 2.31. The average Bonchev–Trinajstić information content (AvgIpc) is 2.71. The van der Waals surface area contributed by atoms with Crippen LogP contribution in [0.5, 0.6) is 5.75 Å². The van der Waals surface area contributed by atoms with Crippen molar-refractivity contribution in [2.24, 2.45) is 10.1 Å². The Morgan fingerprint density at radius 1 is 1.37 bits per heavy atom. The molecule has 3 heterocycles. The number of likely N-dealkylation sites (tertiary alicyclic amines) is 1. The first-order chi connectivity index (χ1) is 14.4. The molecule has 1 aromatic carbocycles. The summed E-state index contributed by atoms with van der Waals surface area (Å²) in [5.41, 5.74) is 6.73. The number of ether oxygens (including phenoxy) is 1. The third-order valence-electron chi connectivity index (χ3n) is 5.08. The second-order valence-corrected chi connectivity index (χ2v) is 8.52. The number of hydrogen-bond donors (Lipinski definition) is 4. The molecule has 160 valence electrons. The molecule has 1 atom stereocenters. The van der Waals surface area contributed by atoms with Gasteiger partial charge >= 0.3 is 0 Å². The first kappa shape index (κ1) is 20.4. The minimum Gasteiger partial charge on any atom is -0.491 e. The maximum atomic E-state index is 14.1. The number of anilines is 1. The number of nitrogens with one attached hydrogen (secondary N) is 1. The Hall–Kier alpha value is -2.89. The van der Waals surface area contributed by atoms with E-state index in [2.05, 4.69) is 14.1 Å². The summed E-state index contributed by atoms with van der Waals surface area (Å²) in [6.07, 6.45) is 4.89. The van der Waals surface area contributed by atoms with Crippen molar-refractivity contribution in [3.63, 3.8) is 0 Å². The van der Waals surface area contributed by atoms with Crippen LogP contribution in [0, 0.1) is 5.82 Å². The number of benzene rings is 1. The highest BCUT2D eigenvalue weighted by atomic mass is 32.3. The van der Waals surface area contributed by atoms with E-state index < -0.39 is 22.7 Å². The number of amidine groups is 1. The maximum absolute atomic E-state index is 14.1. The van der Waals surface area contributed by atoms with Crippen molar-refractivity contribution in [3.05, 3.63) is 53.6 Å². The Morgan fingerprint density at radius 2 is 2.20 bits per heavy atom. The smallest absolute Gasteiger partial charge is 0.257 e. The lowest BCUT2D eigenvalue weighted by atomic mass is 10.0. The third-order valence-corrected chi connectivity index (χ3v) is 6.02. The number of carbonyl (C=O) groups excluding carboxylic acids is 1. The summed E-state index contributed by atoms with van der Waals surface area (Å²) in [6, 6.07) is 6.15. The van der Waals surface area contributed by atoms with Crippen molar-refractivity contribution in [1.29, 1.82) is 0 Å². The van der Waals surface area contributed by atoms with Crippen molar-refractivity contribution in [1.82, 2.24) is 9.88 Å². The highest BCUT2D eigenvalue weighted by Crippen LogP contribution is 2.46. The molecule has 1 saturated heterocycles. The van der Waals surface area contributed by atoms with Crippen LogP contribution in [-0.4, -0.2) is 49.9 Å². The Bertz CT molecular complexity index is 1000. The number of rotatable bonds is 4. The van der Waals surface area contributed by atoms with Crippen LogP contribution in [0.25, 0.3) is 0 Å². The summed E-state index contributed by atoms with van der Waals surface area (Å²) >= 11 is 0. The topological polar surface area (TPSA) is 133 Å². The van der Waals surface area contributed by atoms with E-state index in [4.69, 9.17) is 10.5 Å². The minimum absolute atomic E-state index is 0.0141. The van der Waals surface area contributed by atoms with E-state index in [1.54, 1.807) is 23.1 Å². The fraction of sp³-hybridized carbons (Fsp3) is 0.316. The molecule has 2 aromatic rings. The van der Waals surface area contributed by atoms with Crippen molar-refractivity contribution < 1.29 is 23.0 Å². The second-order valence-electron chi connectivity index (χ2n) is 7.09. The SMILES string of the molecule is NC1=NS(O)(O)Nc2cccc(OCC3CCCCN3C(=O)c3ccncc3F)c21. The number of halogens is 1. The number of hydrogen-bond acceptors (Lipinski definition) is 8. The van der Waals surface area contributed by atoms with Gasteiger partial charge in [0, 0.05) is 12.7 Å². The lowest BCUT2D eigenvalue weighted by molar-refractivity contribution is 0.0523. The number of amides is 1. The van der Waals surface area contributed by atoms with Crippen molar-refractivity contribution in [2.45, 2.75) is 25.3 Å². The van der Waals surface area contributed by atoms with E-state index in [0.717, 1.165) is 25.5 Å². The largest absolute Gasteiger partial charge is 0.491 e. The van der Waals surface area contributed by atoms with Crippen LogP contribution in [0.2, 0.25) is 0 Å². The molecule has 2 aliphatic heterocycles. The molecule has 2 aliphatic rings. The lowest BCUT2D eigenvalue weighted by Crippen LogP contribution is -2.47. The van der Waals surface area contributed by atoms with Gasteiger partial charge in [0.2, 0.25) is 0 Å². The molecule has 0 radical (unpaired) electrons. The molecule has 1 unspecified atom stereocenters. The Kier molecular flexibility index (Phi) is 5.50. The van der Waals surface area contributed by atoms with Crippen LogP contribution in [0.15, 0.2) is 41.1 Å². The standard InChI is InChI=1S/C19H22FN5O4S/c20-14-10-22-8-7-13(14)19(26)25-9-2-1-4-12(25)11-29-16-6-3-5-15-17(16)18(21)24-30(27,28)23-15/h3,5-8,10,12,23,27-28H,1-2,4,9,11H2,(H2,21,24). The second kappa shape index (κ2) is 8.09. The van der Waals surface area contributed by atoms with E-state index in [1.165, 1.54) is 12.3 Å². The molecule has 0 saturated carbocycles. The van der Waals surface area contributed by atoms with Crippen LogP contribution in [-0.2, 0) is 0 Å². The Morgan fingerprint density at radius 3 is 3.00 bits per heavy atom. The van der Waals surface area contributed by atoms with Crippen LogP contribution in [0.3, 0.4) is 0 Å². The summed E-state index contributed by atoms with van der Waals surface area (Å²) in [6.45, 7) is 0.687. The molecular weight excluding hydrogens is 413 g/mol. The van der Waals surface area contributed by atoms with Gasteiger partial charge in [-0.25, -0.2) is 4.39 Å². The summed E-state index contributed by atoms with van der Waals surface area (Å²) in [7, 11) is -3.39. The van der Waals surface area contributed by atoms with Crippen LogP contribution >= 0.6 is 11.0 Å². The molecule has 11 heteroatoms. The number of piperidine rings is 1. The molecule has 1 amide bonds. The Labute approximate surface area is 174 Å². The predicted octanol–water partition coefficient (Wildman–Crippen LogP) is 3.01. The van der Waals surface area contributed by atoms with E-state index in [-0.39, 0.29) is 24.0 Å². The molecule has 1 fully saturated rings. The van der Waals surface area contributed by atoms with Gasteiger partial charge in [-0.1, -0.05) is 6.07 Å². The van der Waals surface area contributed by atoms with E-state index >= 15 is 0 Å². The fourth-order valence-electron chi connectivity index (χ4n) is 3.68. The Balaban J connectivity index is 1.53. The molecule has 9 nitrogen and oxygen atoms in total. The van der Waals surface area contributed by atoms with Crippen LogP contribution in [0.4, 0.5) is 10.1 Å². The molecule has 1 aromatic heterocycles. The van der Waals surface area contributed by atoms with Gasteiger partial charge in [-0.15, -0.1) is 4.40 Å². The van der Waals surface area contributed by atoms with Crippen molar-refractivity contribution in [2.75, 3.05) is 17.9 Å². The molecular formula is C19H22FN5O4S. The summed E-state index contributed by atoms with van der Waals surface area (Å²) in [5.74, 6) is -0.687. The number of nitrogens with two attached hydrogens (primary N) is 1. The molecule has 0 bridgehead atoms. The van der Waals surface area contributed by atoms with Crippen molar-refractivity contribution in [3.8, 4) is 5.75 Å². The lowest BCUT2D eigenvalue weighted by Gasteiger charge is -2.36. The van der Waals surface area contributed by atoms with Crippen molar-refractivity contribution >= 4 is 28.4 Å². The molecule has 4 rings (SSSR count). The molecule has 5 N–H and O–H groups in total. The minimum atomic E-state index is -3.39. The highest BCUT2D eigenvalue weighted by molar-refractivity contribution is 8.24. The summed E-state index contributed by atoms with van der Waals surface area (Å²) < 4.78 is 45.8. The van der Waals surface area contributed by atoms with Gasteiger partial charge in [0.05, 0.1) is 29.1 Å². The van der Waals surface area contributed by atoms with Gasteiger partial charge in [-0.2, -0.15) is 0 Å². The molecule has 30 heavy (non-hydrogen) atoms. The van der Waals surface area contributed by atoms with Crippen LogP contribution < -0.4 is 15.2 Å². The monoisotopic (exact) mass is 435 g/mol. The summed E-state index contributed by atoms with van der Waals surface area (Å²) in [4.78, 5) is 18.2. The zero-order valence-corrected chi connectivity index (χ0v) is 16.8. The zero-order chi connectivity index (χ0) is 21.3. The number of pyridine rings is 1. The predicted molar refractivity (Wildman–Crippen MR) is 112 cm³/mol. The first-order valence-electron chi connectivity index (χ1n) is 9.44. The molecule has 0 aliphatic carbocycles. The zero-order valence-electron chi connectivity index (χ0n) is 16.0. The quantitative estimate of drug-likeness (QED) is 0.580. The fourth-order valence-corrected chi connectivity index (χ4v) is 4.56. The van der Waals surface area contributed by atoms with Gasteiger partial charge in [0.25, 0.3) is 5.91 Å². The van der Waals surface area contributed by atoms with Gasteiger partial charge in [-0.05, 0) is 48.4 Å². The first-order valence-corrected chi connectivity index (χ1v) is 10.9. The van der Waals surface area contributed by atoms with E-state index in [1.807, 2.05) is 0 Å². The van der Waals surface area contributed by atoms with E-state index in [9.17, 15) is 18.3 Å². The normalized spacial score (nSPS) is 21.1. The number of aromatic nitrogens is 1. The van der Waals surface area contributed by atoms with Crippen LogP contribution in [0.1, 0.15) is 35.2 Å². The van der Waals surface area contributed by atoms with Gasteiger partial charge in [0.1, 0.15) is 12.4 Å².